The average molecular weight is 730 g/mol. The molecule has 1 fully saturated rings. The highest BCUT2D eigenvalue weighted by atomic mass is 16.5. The Kier molecular flexibility index (Phi) is 18.4. The highest BCUT2D eigenvalue weighted by Gasteiger charge is 2.43. The zero-order chi connectivity index (χ0) is 39.3. The average Bonchev–Trinajstić information content (AvgIpc) is 3.59. The van der Waals surface area contributed by atoms with Crippen molar-refractivity contribution < 1.29 is 33.4 Å². The van der Waals surface area contributed by atoms with Crippen molar-refractivity contribution in [1.82, 2.24) is 25.3 Å². The normalized spacial score (nSPS) is 19.4. The fourth-order valence-electron chi connectivity index (χ4n) is 7.73. The quantitative estimate of drug-likeness (QED) is 0.184. The molecular weight excluding hydrogens is 662 g/mol. The highest BCUT2D eigenvalue weighted by molar-refractivity contribution is 5.90. The molecule has 1 aliphatic rings. The Balaban J connectivity index is 2.25. The number of likely N-dealkylation sites (tertiary alicyclic amines) is 1. The van der Waals surface area contributed by atoms with Crippen LogP contribution in [0.5, 0.6) is 0 Å². The summed E-state index contributed by atoms with van der Waals surface area (Å²) >= 11 is 0. The molecule has 1 aromatic carbocycles. The molecule has 0 unspecified atom stereocenters. The van der Waals surface area contributed by atoms with Crippen molar-refractivity contribution in [2.24, 2.45) is 23.7 Å². The first-order valence-electron chi connectivity index (χ1n) is 18.9. The monoisotopic (exact) mass is 730 g/mol. The lowest BCUT2D eigenvalue weighted by Crippen LogP contribution is -2.59. The van der Waals surface area contributed by atoms with Crippen LogP contribution < -0.4 is 10.6 Å². The third kappa shape index (κ3) is 11.8. The Hall–Kier alpha value is -3.35. The van der Waals surface area contributed by atoms with Gasteiger partial charge < -0.3 is 34.7 Å². The van der Waals surface area contributed by atoms with Gasteiger partial charge in [-0.05, 0) is 56.7 Å². The summed E-state index contributed by atoms with van der Waals surface area (Å²) in [6.45, 7) is 14.1. The molecule has 1 aromatic rings. The fraction of sp³-hybridized carbons (Fsp3) is 0.725. The second kappa shape index (κ2) is 21.4. The summed E-state index contributed by atoms with van der Waals surface area (Å²) in [4.78, 5) is 72.4. The van der Waals surface area contributed by atoms with Gasteiger partial charge in [-0.2, -0.15) is 0 Å². The number of rotatable bonds is 21. The number of carbonyl (C=O) groups excluding carboxylic acids is 5. The SMILES string of the molecule is CC[C@H](C)[C@@H]([C@@H](CC(=O)N1CCC[C@H]1[C@H](OC)[C@@H](C)C(=O)N[C@H](C=O)Cc1ccccc1)OC)N(C)C(=O)[C@@H](NC(=O)[C@H](C(C)C)N(C)C)C(C)C. The predicted molar refractivity (Wildman–Crippen MR) is 203 cm³/mol. The molecule has 2 rings (SSSR count). The standard InChI is InChI=1S/C40H67N5O7/c1-13-27(6)36(44(10)40(50)34(25(2)3)42-39(49)35(26(4)5)43(8)9)32(51-11)23-33(47)45-21-17-20-31(45)37(52-12)28(7)38(48)41-30(24-46)22-29-18-15-14-16-19-29/h14-16,18-19,24-28,30-32,34-37H,13,17,20-23H2,1-12H3,(H,41,48)(H,42,49)/t27-,28+,30-,31-,32+,34-,35-,36-,37+/m0/s1. The van der Waals surface area contributed by atoms with Gasteiger partial charge in [0, 0.05) is 27.8 Å². The Morgan fingerprint density at radius 3 is 2.06 bits per heavy atom. The maximum atomic E-state index is 14.2. The lowest BCUT2D eigenvalue weighted by molar-refractivity contribution is -0.148. The topological polar surface area (TPSA) is 138 Å². The molecule has 0 aromatic heterocycles. The van der Waals surface area contributed by atoms with Crippen molar-refractivity contribution in [2.45, 2.75) is 123 Å². The van der Waals surface area contributed by atoms with Crippen LogP contribution >= 0.6 is 0 Å². The van der Waals surface area contributed by atoms with Crippen LogP contribution in [0.15, 0.2) is 30.3 Å². The molecular formula is C40H67N5O7. The summed E-state index contributed by atoms with van der Waals surface area (Å²) < 4.78 is 11.9. The van der Waals surface area contributed by atoms with Gasteiger partial charge >= 0.3 is 0 Å². The van der Waals surface area contributed by atoms with E-state index >= 15 is 0 Å². The van der Waals surface area contributed by atoms with Crippen molar-refractivity contribution in [3.8, 4) is 0 Å². The minimum absolute atomic E-state index is 0.0214. The molecule has 1 aliphatic heterocycles. The molecule has 294 valence electrons. The molecule has 0 bridgehead atoms. The highest BCUT2D eigenvalue weighted by Crippen LogP contribution is 2.30. The van der Waals surface area contributed by atoms with Crippen LogP contribution in [0.25, 0.3) is 0 Å². The van der Waals surface area contributed by atoms with E-state index in [2.05, 4.69) is 10.6 Å². The van der Waals surface area contributed by atoms with Crippen LogP contribution in [0, 0.1) is 23.7 Å². The molecule has 12 nitrogen and oxygen atoms in total. The van der Waals surface area contributed by atoms with Crippen LogP contribution in [-0.2, 0) is 39.9 Å². The number of likely N-dealkylation sites (N-methyl/N-ethyl adjacent to an activating group) is 2. The lowest BCUT2D eigenvalue weighted by Gasteiger charge is -2.41. The number of nitrogens with one attached hydrogen (secondary N) is 2. The van der Waals surface area contributed by atoms with E-state index in [4.69, 9.17) is 9.47 Å². The largest absolute Gasteiger partial charge is 0.379 e. The molecule has 1 saturated heterocycles. The Morgan fingerprint density at radius 1 is 0.923 bits per heavy atom. The predicted octanol–water partition coefficient (Wildman–Crippen LogP) is 3.56. The molecule has 12 heteroatoms. The summed E-state index contributed by atoms with van der Waals surface area (Å²) in [5.41, 5.74) is 0.938. The van der Waals surface area contributed by atoms with Gasteiger partial charge in [-0.3, -0.25) is 24.1 Å². The number of carbonyl (C=O) groups is 5. The van der Waals surface area contributed by atoms with Crippen LogP contribution in [0.1, 0.15) is 79.7 Å². The van der Waals surface area contributed by atoms with E-state index < -0.39 is 42.3 Å². The molecule has 0 saturated carbocycles. The third-order valence-electron chi connectivity index (χ3n) is 10.7. The number of methoxy groups -OCH3 is 2. The second-order valence-corrected chi connectivity index (χ2v) is 15.4. The van der Waals surface area contributed by atoms with Crippen molar-refractivity contribution in [3.05, 3.63) is 35.9 Å². The molecule has 9 atom stereocenters. The van der Waals surface area contributed by atoms with Crippen LogP contribution in [0.3, 0.4) is 0 Å². The third-order valence-corrected chi connectivity index (χ3v) is 10.7. The minimum atomic E-state index is -0.761. The zero-order valence-corrected chi connectivity index (χ0v) is 33.8. The molecule has 4 amide bonds. The molecule has 0 radical (unpaired) electrons. The number of hydrogen-bond acceptors (Lipinski definition) is 8. The molecule has 1 heterocycles. The van der Waals surface area contributed by atoms with E-state index in [1.54, 1.807) is 38.0 Å². The summed E-state index contributed by atoms with van der Waals surface area (Å²) in [6.07, 6.45) is 2.07. The minimum Gasteiger partial charge on any atom is -0.379 e. The van der Waals surface area contributed by atoms with E-state index in [1.807, 2.05) is 90.9 Å². The zero-order valence-electron chi connectivity index (χ0n) is 33.8. The van der Waals surface area contributed by atoms with Crippen LogP contribution in [0.4, 0.5) is 0 Å². The van der Waals surface area contributed by atoms with E-state index in [0.29, 0.717) is 19.4 Å². The summed E-state index contributed by atoms with van der Waals surface area (Å²) in [5.74, 6) is -1.68. The van der Waals surface area contributed by atoms with Crippen molar-refractivity contribution in [2.75, 3.05) is 41.9 Å². The van der Waals surface area contributed by atoms with Gasteiger partial charge in [0.15, 0.2) is 0 Å². The Labute approximate surface area is 312 Å². The van der Waals surface area contributed by atoms with Gasteiger partial charge in [-0.25, -0.2) is 0 Å². The van der Waals surface area contributed by atoms with Gasteiger partial charge in [0.25, 0.3) is 0 Å². The number of nitrogens with zero attached hydrogens (tertiary/aromatic N) is 3. The first-order valence-corrected chi connectivity index (χ1v) is 18.9. The number of aldehydes is 1. The van der Waals surface area contributed by atoms with Gasteiger partial charge in [0.2, 0.25) is 23.6 Å². The molecule has 0 spiro atoms. The van der Waals surface area contributed by atoms with Gasteiger partial charge in [-0.1, -0.05) is 85.2 Å². The van der Waals surface area contributed by atoms with Gasteiger partial charge in [0.05, 0.1) is 48.7 Å². The van der Waals surface area contributed by atoms with Gasteiger partial charge in [-0.15, -0.1) is 0 Å². The number of hydrogen-bond donors (Lipinski definition) is 2. The number of amides is 4. The Morgan fingerprint density at radius 2 is 1.56 bits per heavy atom. The van der Waals surface area contributed by atoms with Crippen LogP contribution in [0.2, 0.25) is 0 Å². The van der Waals surface area contributed by atoms with Crippen LogP contribution in [-0.4, -0.2) is 129 Å². The number of benzene rings is 1. The maximum absolute atomic E-state index is 14.2. The first kappa shape index (κ1) is 44.8. The van der Waals surface area contributed by atoms with E-state index in [-0.39, 0.29) is 53.8 Å². The second-order valence-electron chi connectivity index (χ2n) is 15.4. The van der Waals surface area contributed by atoms with E-state index in [9.17, 15) is 24.0 Å². The summed E-state index contributed by atoms with van der Waals surface area (Å²) in [5, 5.41) is 5.90. The van der Waals surface area contributed by atoms with Crippen molar-refractivity contribution in [3.63, 3.8) is 0 Å². The molecule has 2 N–H and O–H groups in total. The molecule has 52 heavy (non-hydrogen) atoms. The lowest BCUT2D eigenvalue weighted by atomic mass is 9.89. The fourth-order valence-corrected chi connectivity index (χ4v) is 7.73. The number of ether oxygens (including phenoxy) is 2. The smallest absolute Gasteiger partial charge is 0.245 e. The van der Waals surface area contributed by atoms with E-state index in [1.165, 1.54) is 0 Å². The first-order chi connectivity index (χ1) is 24.5. The summed E-state index contributed by atoms with van der Waals surface area (Å²) in [6, 6.07) is 6.84. The maximum Gasteiger partial charge on any atom is 0.245 e. The van der Waals surface area contributed by atoms with Crippen molar-refractivity contribution >= 4 is 29.9 Å². The summed E-state index contributed by atoms with van der Waals surface area (Å²) in [7, 11) is 8.54. The van der Waals surface area contributed by atoms with E-state index in [0.717, 1.165) is 24.7 Å². The Bertz CT molecular complexity index is 1280. The van der Waals surface area contributed by atoms with Gasteiger partial charge in [0.1, 0.15) is 12.3 Å². The molecule has 0 aliphatic carbocycles. The van der Waals surface area contributed by atoms with Crippen molar-refractivity contribution in [1.29, 1.82) is 0 Å².